The summed E-state index contributed by atoms with van der Waals surface area (Å²) in [6.07, 6.45) is 4.46. The first-order chi connectivity index (χ1) is 30.6. The maximum atomic E-state index is 14.5. The highest BCUT2D eigenvalue weighted by Gasteiger charge is 2.35. The summed E-state index contributed by atoms with van der Waals surface area (Å²) in [7, 11) is 1.51. The van der Waals surface area contributed by atoms with E-state index in [2.05, 4.69) is 42.2 Å². The number of unbranched alkanes of at least 4 members (excludes halogenated alkanes) is 1. The number of aliphatic hydroxyl groups is 1. The van der Waals surface area contributed by atoms with E-state index in [0.717, 1.165) is 37.3 Å². The molecule has 4 atom stereocenters. The van der Waals surface area contributed by atoms with E-state index >= 15 is 0 Å². The number of ketones is 3. The second kappa shape index (κ2) is 24.6. The highest BCUT2D eigenvalue weighted by atomic mass is 16.4. The number of aliphatic hydroxyl groups excluding tert-OH is 1. The number of carbonyl (C=O) groups is 6. The van der Waals surface area contributed by atoms with Crippen LogP contribution >= 0.6 is 0 Å². The molecule has 1 aliphatic heterocycles. The van der Waals surface area contributed by atoms with Crippen LogP contribution in [0.25, 0.3) is 22.3 Å². The number of quaternary nitrogens is 1. The van der Waals surface area contributed by atoms with E-state index in [4.69, 9.17) is 9.90 Å². The van der Waals surface area contributed by atoms with Gasteiger partial charge >= 0.3 is 0 Å². The molecule has 7 N–H and O–H groups in total. The third-order valence-electron chi connectivity index (χ3n) is 11.5. The molecule has 0 spiro atoms. The normalized spacial score (nSPS) is 16.6. The average molecular weight is 878 g/mol. The minimum absolute atomic E-state index is 0.0640. The van der Waals surface area contributed by atoms with Gasteiger partial charge in [-0.1, -0.05) is 80.9 Å². The summed E-state index contributed by atoms with van der Waals surface area (Å²) in [6, 6.07) is 23.4. The van der Waals surface area contributed by atoms with Gasteiger partial charge in [0.1, 0.15) is 23.3 Å². The zero-order valence-electron chi connectivity index (χ0n) is 37.4. The zero-order valence-corrected chi connectivity index (χ0v) is 37.4. The number of carboxylic acid groups (broad SMARTS) is 1. The van der Waals surface area contributed by atoms with E-state index in [1.54, 1.807) is 31.2 Å². The van der Waals surface area contributed by atoms with Gasteiger partial charge in [0.15, 0.2) is 11.6 Å². The van der Waals surface area contributed by atoms with Gasteiger partial charge in [0, 0.05) is 67.2 Å². The van der Waals surface area contributed by atoms with Crippen molar-refractivity contribution in [2.45, 2.75) is 103 Å². The van der Waals surface area contributed by atoms with Crippen molar-refractivity contribution in [1.82, 2.24) is 10.2 Å². The molecule has 0 saturated carbocycles. The number of hydrogen-bond donors (Lipinski definition) is 5. The Morgan fingerprint density at radius 3 is 2.06 bits per heavy atom. The first kappa shape index (κ1) is 50.5. The molecule has 64 heavy (non-hydrogen) atoms. The van der Waals surface area contributed by atoms with Gasteiger partial charge in [-0.05, 0) is 97.5 Å². The quantitative estimate of drug-likeness (QED) is 0.0678. The molecule has 342 valence electrons. The minimum Gasteiger partial charge on any atom is -0.550 e. The van der Waals surface area contributed by atoms with Crippen molar-refractivity contribution in [2.75, 3.05) is 20.2 Å². The lowest BCUT2D eigenvalue weighted by Gasteiger charge is -2.32. The number of rotatable bonds is 17. The Kier molecular flexibility index (Phi) is 19.4. The number of nitrogens with zero attached hydrogens (tertiary/aromatic N) is 1. The van der Waals surface area contributed by atoms with Crippen LogP contribution in [0.5, 0.6) is 11.5 Å². The van der Waals surface area contributed by atoms with Crippen LogP contribution in [-0.4, -0.2) is 81.6 Å². The van der Waals surface area contributed by atoms with Crippen LogP contribution in [-0.2, 0) is 36.8 Å². The Balaban J connectivity index is 0.00000215. The monoisotopic (exact) mass is 877 g/mol. The minimum atomic E-state index is -1.19. The van der Waals surface area contributed by atoms with E-state index in [9.17, 15) is 39.3 Å². The molecule has 0 aromatic heterocycles. The molecule has 13 nitrogen and oxygen atoms in total. The van der Waals surface area contributed by atoms with E-state index in [1.165, 1.54) is 29.6 Å². The first-order valence-corrected chi connectivity index (χ1v) is 22.1. The summed E-state index contributed by atoms with van der Waals surface area (Å²) in [4.78, 5) is 78.9. The number of phenols is 2. The molecule has 4 aromatic carbocycles. The van der Waals surface area contributed by atoms with Crippen molar-refractivity contribution in [1.29, 1.82) is 0 Å². The van der Waals surface area contributed by atoms with Crippen LogP contribution in [0.3, 0.4) is 0 Å². The van der Waals surface area contributed by atoms with Crippen molar-refractivity contribution >= 4 is 35.1 Å². The number of carboxylic acids is 1. The first-order valence-electron chi connectivity index (χ1n) is 22.1. The number of fused-ring (bicyclic) bond motifs is 5. The predicted molar refractivity (Wildman–Crippen MR) is 242 cm³/mol. The molecule has 0 saturated heterocycles. The van der Waals surface area contributed by atoms with Crippen molar-refractivity contribution in [3.63, 3.8) is 0 Å². The number of aryl methyl sites for hydroxylation is 1. The lowest BCUT2D eigenvalue weighted by atomic mass is 9.88. The maximum absolute atomic E-state index is 14.5. The fourth-order valence-corrected chi connectivity index (χ4v) is 8.05. The van der Waals surface area contributed by atoms with Gasteiger partial charge in [-0.15, -0.1) is 0 Å². The zero-order chi connectivity index (χ0) is 46.9. The Morgan fingerprint density at radius 2 is 1.45 bits per heavy atom. The summed E-state index contributed by atoms with van der Waals surface area (Å²) < 4.78 is 0. The SMILES string of the molecule is CC(=O)[O-].CCCc1ccc(-c2ccc(C(=O)CCCC(=O)C[C@H](CCCC[NH3+])C(=O)N(C)[C@@H]3C(=O)C[C@@H](C)C(=O)N[C@H](CO)Cc4ccc(O)c(c4)-c4cc3ccc4O)cc2)cc1. The lowest BCUT2D eigenvalue weighted by Crippen LogP contribution is -2.50. The van der Waals surface area contributed by atoms with Crippen molar-refractivity contribution < 1.29 is 54.9 Å². The topological polar surface area (TPSA) is 229 Å². The van der Waals surface area contributed by atoms with Gasteiger partial charge in [-0.25, -0.2) is 0 Å². The van der Waals surface area contributed by atoms with Crippen LogP contribution < -0.4 is 16.2 Å². The molecule has 0 unspecified atom stereocenters. The summed E-state index contributed by atoms with van der Waals surface area (Å²) in [5.74, 6) is -4.42. The molecule has 5 rings (SSSR count). The van der Waals surface area contributed by atoms with E-state index < -0.39 is 47.5 Å². The average Bonchev–Trinajstić information content (AvgIpc) is 3.26. The van der Waals surface area contributed by atoms with Gasteiger partial charge in [-0.2, -0.15) is 0 Å². The van der Waals surface area contributed by atoms with Crippen LogP contribution in [0.2, 0.25) is 0 Å². The second-order valence-corrected chi connectivity index (χ2v) is 16.7. The van der Waals surface area contributed by atoms with Gasteiger partial charge in [0.2, 0.25) is 11.8 Å². The fraction of sp³-hybridized carbons (Fsp3) is 0.412. The number of carbonyl (C=O) groups excluding carboxylic acids is 6. The summed E-state index contributed by atoms with van der Waals surface area (Å²) in [5, 5.41) is 43.7. The predicted octanol–water partition coefficient (Wildman–Crippen LogP) is 5.31. The fourth-order valence-electron chi connectivity index (χ4n) is 8.05. The number of phenolic OH excluding ortho intramolecular Hbond substituents is 2. The summed E-state index contributed by atoms with van der Waals surface area (Å²) >= 11 is 0. The number of hydrogen-bond acceptors (Lipinski definition) is 10. The van der Waals surface area contributed by atoms with Crippen LogP contribution in [0.4, 0.5) is 0 Å². The smallest absolute Gasteiger partial charge is 0.226 e. The Hall–Kier alpha value is -6.18. The highest BCUT2D eigenvalue weighted by Crippen LogP contribution is 2.39. The standard InChI is InChI=1S/C49H59N3O8.C2H4O2/c1-4-8-32-12-15-34(16-13-32)35-17-19-36(20-18-35)43(55)11-7-10-40(54)28-38(9-5-6-24-50)49(60)52(3)47-37-21-23-45(57)42(29-37)41-27-33(14-22-44(41)56)26-39(30-53)51-48(59)31(2)25-46(47)58;1-2(3)4/h12-23,27,29,31,38-39,47,53,56-57H,4-11,24-26,28,30,50H2,1-3H3,(H,51,59);1H3,(H,3,4)/t31-,38+,39+,47+;/m1./s1. The van der Waals surface area contributed by atoms with Gasteiger partial charge < -0.3 is 41.2 Å². The number of Topliss-reactive ketones (excluding diaryl/α,β-unsaturated/α-hetero) is 3. The Bertz CT molecular complexity index is 2230. The number of nitrogens with one attached hydrogen (secondary N) is 1. The Labute approximate surface area is 375 Å². The molecule has 0 aliphatic carbocycles. The number of benzene rings is 4. The lowest BCUT2D eigenvalue weighted by molar-refractivity contribution is -0.368. The van der Waals surface area contributed by atoms with Crippen LogP contribution in [0, 0.1) is 11.8 Å². The maximum Gasteiger partial charge on any atom is 0.226 e. The van der Waals surface area contributed by atoms with Crippen LogP contribution in [0.1, 0.15) is 112 Å². The van der Waals surface area contributed by atoms with Gasteiger partial charge in [0.25, 0.3) is 0 Å². The summed E-state index contributed by atoms with van der Waals surface area (Å²) in [6.45, 7) is 5.03. The van der Waals surface area contributed by atoms with E-state index in [-0.39, 0.29) is 72.9 Å². The molecule has 1 heterocycles. The van der Waals surface area contributed by atoms with Gasteiger partial charge in [-0.3, -0.25) is 24.0 Å². The molecule has 4 aromatic rings. The molecular weight excluding hydrogens is 815 g/mol. The largest absolute Gasteiger partial charge is 0.550 e. The van der Waals surface area contributed by atoms with Crippen molar-refractivity contribution in [3.05, 3.63) is 107 Å². The molecule has 4 bridgehead atoms. The Morgan fingerprint density at radius 1 is 0.844 bits per heavy atom. The third kappa shape index (κ3) is 14.4. The molecular formula is C51H63N3O10. The number of amides is 2. The molecule has 2 amide bonds. The van der Waals surface area contributed by atoms with Crippen molar-refractivity contribution in [3.8, 4) is 33.8 Å². The molecule has 0 fully saturated rings. The third-order valence-corrected chi connectivity index (χ3v) is 11.5. The highest BCUT2D eigenvalue weighted by molar-refractivity contribution is 5.97. The number of aliphatic carboxylic acids is 1. The number of aromatic hydroxyl groups is 2. The summed E-state index contributed by atoms with van der Waals surface area (Å²) in [5.41, 5.74) is 9.45. The van der Waals surface area contributed by atoms with Gasteiger partial charge in [0.05, 0.1) is 19.2 Å². The molecule has 1 aliphatic rings. The molecule has 13 heteroatoms. The van der Waals surface area contributed by atoms with Crippen molar-refractivity contribution in [2.24, 2.45) is 11.8 Å². The van der Waals surface area contributed by atoms with E-state index in [0.29, 0.717) is 42.5 Å². The number of likely N-dealkylation sites (N-methyl/N-ethyl adjacent to an activating group) is 1. The molecule has 0 radical (unpaired) electrons. The van der Waals surface area contributed by atoms with E-state index in [1.807, 2.05) is 24.3 Å². The second-order valence-electron chi connectivity index (χ2n) is 16.7. The van der Waals surface area contributed by atoms with Crippen LogP contribution in [0.15, 0.2) is 84.9 Å².